The Morgan fingerprint density at radius 1 is 1.60 bits per heavy atom. The van der Waals surface area contributed by atoms with Gasteiger partial charge in [-0.25, -0.2) is 0 Å². The molecule has 0 aliphatic heterocycles. The first-order valence-corrected chi connectivity index (χ1v) is 6.01. The van der Waals surface area contributed by atoms with Gasteiger partial charge in [-0.1, -0.05) is 6.92 Å². The van der Waals surface area contributed by atoms with Crippen LogP contribution in [-0.2, 0) is 13.6 Å². The van der Waals surface area contributed by atoms with E-state index < -0.39 is 0 Å². The molecule has 0 spiro atoms. The van der Waals surface area contributed by atoms with E-state index in [9.17, 15) is 0 Å². The average molecular weight is 230 g/mol. The maximum absolute atomic E-state index is 5.73. The lowest BCUT2D eigenvalue weighted by Crippen LogP contribution is -2.16. The van der Waals surface area contributed by atoms with Crippen LogP contribution in [0.3, 0.4) is 0 Å². The van der Waals surface area contributed by atoms with E-state index in [-0.39, 0.29) is 0 Å². The molecule has 0 saturated carbocycles. The topological polar surface area (TPSA) is 29.9 Å². The molecule has 1 aromatic rings. The Labute approximate surface area is 96.8 Å². The Balaban J connectivity index is 2.02. The van der Waals surface area contributed by atoms with Gasteiger partial charge in [0.25, 0.3) is 0 Å². The molecule has 3 nitrogen and oxygen atoms in total. The highest BCUT2D eigenvalue weighted by molar-refractivity contribution is 6.18. The second-order valence-electron chi connectivity index (χ2n) is 4.06. The van der Waals surface area contributed by atoms with E-state index in [4.69, 9.17) is 11.6 Å². The van der Waals surface area contributed by atoms with Gasteiger partial charge in [0.1, 0.15) is 0 Å². The molecule has 4 heteroatoms. The van der Waals surface area contributed by atoms with Gasteiger partial charge in [0, 0.05) is 25.7 Å². The summed E-state index contributed by atoms with van der Waals surface area (Å²) in [5.74, 6) is 1.39. The van der Waals surface area contributed by atoms with Gasteiger partial charge in [-0.05, 0) is 31.4 Å². The Morgan fingerprint density at radius 2 is 2.40 bits per heavy atom. The summed E-state index contributed by atoms with van der Waals surface area (Å²) in [5.41, 5.74) is 1.10. The fourth-order valence-corrected chi connectivity index (χ4v) is 1.58. The van der Waals surface area contributed by atoms with Crippen molar-refractivity contribution in [1.29, 1.82) is 0 Å². The largest absolute Gasteiger partial charge is 0.311 e. The fraction of sp³-hybridized carbons (Fsp3) is 0.727. The Bertz CT molecular complexity index is 273. The zero-order chi connectivity index (χ0) is 11.1. The van der Waals surface area contributed by atoms with Crippen LogP contribution in [0.5, 0.6) is 0 Å². The number of rotatable bonds is 7. The number of hydrogen-bond acceptors (Lipinski definition) is 2. The Morgan fingerprint density at radius 3 is 3.00 bits per heavy atom. The molecule has 1 aromatic heterocycles. The van der Waals surface area contributed by atoms with Gasteiger partial charge in [-0.3, -0.25) is 4.68 Å². The summed E-state index contributed by atoms with van der Waals surface area (Å²) in [6, 6.07) is 2.04. The second kappa shape index (κ2) is 6.85. The third-order valence-electron chi connectivity index (χ3n) is 2.39. The SMILES string of the molecule is CC(CCl)CCCNCc1ccn(C)n1. The maximum Gasteiger partial charge on any atom is 0.0762 e. The molecule has 0 saturated heterocycles. The highest BCUT2D eigenvalue weighted by Crippen LogP contribution is 2.06. The molecule has 1 atom stereocenters. The highest BCUT2D eigenvalue weighted by Gasteiger charge is 1.99. The molecule has 0 radical (unpaired) electrons. The van der Waals surface area contributed by atoms with Crippen LogP contribution in [0, 0.1) is 5.92 Å². The van der Waals surface area contributed by atoms with Crippen molar-refractivity contribution in [2.24, 2.45) is 13.0 Å². The molecule has 1 N–H and O–H groups in total. The zero-order valence-electron chi connectivity index (χ0n) is 9.54. The van der Waals surface area contributed by atoms with Crippen LogP contribution in [0.2, 0.25) is 0 Å². The van der Waals surface area contributed by atoms with Crippen LogP contribution >= 0.6 is 11.6 Å². The van der Waals surface area contributed by atoms with Crippen LogP contribution < -0.4 is 5.32 Å². The van der Waals surface area contributed by atoms with Gasteiger partial charge < -0.3 is 5.32 Å². The summed E-state index contributed by atoms with van der Waals surface area (Å²) in [6.07, 6.45) is 4.34. The molecule has 0 aliphatic rings. The summed E-state index contributed by atoms with van der Waals surface area (Å²) >= 11 is 5.73. The van der Waals surface area contributed by atoms with E-state index in [1.807, 2.05) is 24.0 Å². The fourth-order valence-electron chi connectivity index (χ4n) is 1.43. The van der Waals surface area contributed by atoms with E-state index in [0.717, 1.165) is 24.7 Å². The number of aryl methyl sites for hydroxylation is 1. The van der Waals surface area contributed by atoms with Crippen LogP contribution in [-0.4, -0.2) is 22.2 Å². The van der Waals surface area contributed by atoms with Crippen molar-refractivity contribution < 1.29 is 0 Å². The van der Waals surface area contributed by atoms with Crippen molar-refractivity contribution in [2.45, 2.75) is 26.3 Å². The van der Waals surface area contributed by atoms with E-state index in [1.54, 1.807) is 0 Å². The molecule has 15 heavy (non-hydrogen) atoms. The third kappa shape index (κ3) is 5.19. The lowest BCUT2D eigenvalue weighted by Gasteiger charge is -2.07. The number of aromatic nitrogens is 2. The van der Waals surface area contributed by atoms with E-state index in [1.165, 1.54) is 12.8 Å². The predicted octanol–water partition coefficient (Wildman–Crippen LogP) is 2.16. The lowest BCUT2D eigenvalue weighted by molar-refractivity contribution is 0.528. The number of nitrogens with one attached hydrogen (secondary N) is 1. The predicted molar refractivity (Wildman–Crippen MR) is 64.0 cm³/mol. The van der Waals surface area contributed by atoms with Crippen molar-refractivity contribution in [3.63, 3.8) is 0 Å². The van der Waals surface area contributed by atoms with Gasteiger partial charge in [-0.15, -0.1) is 11.6 Å². The average Bonchev–Trinajstić information content (AvgIpc) is 2.63. The van der Waals surface area contributed by atoms with E-state index in [2.05, 4.69) is 17.3 Å². The standard InChI is InChI=1S/C11H20ClN3/c1-10(8-12)4-3-6-13-9-11-5-7-15(2)14-11/h5,7,10,13H,3-4,6,8-9H2,1-2H3. The van der Waals surface area contributed by atoms with Crippen molar-refractivity contribution in [3.8, 4) is 0 Å². The highest BCUT2D eigenvalue weighted by atomic mass is 35.5. The summed E-state index contributed by atoms with van der Waals surface area (Å²) < 4.78 is 1.83. The van der Waals surface area contributed by atoms with E-state index in [0.29, 0.717) is 5.92 Å². The van der Waals surface area contributed by atoms with Crippen molar-refractivity contribution >= 4 is 11.6 Å². The molecule has 0 bridgehead atoms. The minimum absolute atomic E-state index is 0.628. The molecule has 0 amide bonds. The molecule has 0 aromatic carbocycles. The summed E-state index contributed by atoms with van der Waals surface area (Å²) in [5, 5.41) is 7.67. The molecule has 0 aliphatic carbocycles. The number of hydrogen-bond donors (Lipinski definition) is 1. The first kappa shape index (κ1) is 12.5. The number of alkyl halides is 1. The van der Waals surface area contributed by atoms with Crippen molar-refractivity contribution in [2.75, 3.05) is 12.4 Å². The van der Waals surface area contributed by atoms with Gasteiger partial charge in [0.2, 0.25) is 0 Å². The normalized spacial score (nSPS) is 13.0. The first-order valence-electron chi connectivity index (χ1n) is 5.47. The summed E-state index contributed by atoms with van der Waals surface area (Å²) in [7, 11) is 1.94. The summed E-state index contributed by atoms with van der Waals surface area (Å²) in [4.78, 5) is 0. The lowest BCUT2D eigenvalue weighted by atomic mass is 10.1. The molecule has 1 rings (SSSR count). The number of halogens is 1. The molecule has 1 unspecified atom stereocenters. The molecule has 86 valence electrons. The van der Waals surface area contributed by atoms with Gasteiger partial charge in [0.15, 0.2) is 0 Å². The molecular formula is C11H20ClN3. The molecule has 0 fully saturated rings. The first-order chi connectivity index (χ1) is 7.22. The minimum Gasteiger partial charge on any atom is -0.311 e. The van der Waals surface area contributed by atoms with E-state index >= 15 is 0 Å². The number of nitrogens with zero attached hydrogens (tertiary/aromatic N) is 2. The van der Waals surface area contributed by atoms with Crippen LogP contribution in [0.4, 0.5) is 0 Å². The van der Waals surface area contributed by atoms with Crippen LogP contribution in [0.25, 0.3) is 0 Å². The monoisotopic (exact) mass is 229 g/mol. The Hall–Kier alpha value is -0.540. The Kier molecular flexibility index (Phi) is 5.73. The smallest absolute Gasteiger partial charge is 0.0762 e. The molecular weight excluding hydrogens is 210 g/mol. The second-order valence-corrected chi connectivity index (χ2v) is 4.37. The quantitative estimate of drug-likeness (QED) is 0.574. The van der Waals surface area contributed by atoms with Gasteiger partial charge >= 0.3 is 0 Å². The zero-order valence-corrected chi connectivity index (χ0v) is 10.3. The minimum atomic E-state index is 0.628. The van der Waals surface area contributed by atoms with Crippen molar-refractivity contribution in [3.05, 3.63) is 18.0 Å². The van der Waals surface area contributed by atoms with Crippen LogP contribution in [0.1, 0.15) is 25.5 Å². The van der Waals surface area contributed by atoms with Gasteiger partial charge in [0.05, 0.1) is 5.69 Å². The summed E-state index contributed by atoms with van der Waals surface area (Å²) in [6.45, 7) is 4.08. The third-order valence-corrected chi connectivity index (χ3v) is 2.92. The van der Waals surface area contributed by atoms with Crippen LogP contribution in [0.15, 0.2) is 12.3 Å². The molecule has 1 heterocycles. The van der Waals surface area contributed by atoms with Crippen molar-refractivity contribution in [1.82, 2.24) is 15.1 Å². The maximum atomic E-state index is 5.73. The van der Waals surface area contributed by atoms with Gasteiger partial charge in [-0.2, -0.15) is 5.10 Å².